The number of aromatic nitrogens is 1. The maximum atomic E-state index is 5.75. The SMILES string of the molecule is [NH2+]=c1ccc2nc3ccccc3sc-2c1. The van der Waals surface area contributed by atoms with Crippen LogP contribution in [0.4, 0.5) is 0 Å². The summed E-state index contributed by atoms with van der Waals surface area (Å²) in [6, 6.07) is 14.0. The number of nitrogens with two attached hydrogens (primary N) is 1. The zero-order valence-electron chi connectivity index (χ0n) is 7.97. The van der Waals surface area contributed by atoms with Gasteiger partial charge >= 0.3 is 0 Å². The Morgan fingerprint density at radius 2 is 1.93 bits per heavy atom. The fraction of sp³-hybridized carbons (Fsp3) is 0. The number of nitrogens with zero attached hydrogens (tertiary/aromatic N) is 1. The molecule has 3 rings (SSSR count). The molecule has 1 heterocycles. The normalized spacial score (nSPS) is 10.9. The molecular weight excluding hydrogens is 204 g/mol. The van der Waals surface area contributed by atoms with Crippen LogP contribution in [0.3, 0.4) is 0 Å². The molecule has 72 valence electrons. The van der Waals surface area contributed by atoms with Gasteiger partial charge in [-0.2, -0.15) is 0 Å². The van der Waals surface area contributed by atoms with Crippen molar-refractivity contribution in [3.05, 3.63) is 47.8 Å². The fourth-order valence-electron chi connectivity index (χ4n) is 1.59. The number of hydrogen-bond donors (Lipinski definition) is 1. The summed E-state index contributed by atoms with van der Waals surface area (Å²) in [5.74, 6) is 0. The Morgan fingerprint density at radius 1 is 1.07 bits per heavy atom. The van der Waals surface area contributed by atoms with E-state index in [1.54, 1.807) is 11.3 Å². The lowest BCUT2D eigenvalue weighted by atomic mass is 10.2. The Morgan fingerprint density at radius 3 is 2.87 bits per heavy atom. The van der Waals surface area contributed by atoms with Crippen LogP contribution in [0, 0.1) is 0 Å². The van der Waals surface area contributed by atoms with Crippen molar-refractivity contribution in [1.29, 1.82) is 0 Å². The van der Waals surface area contributed by atoms with Crippen LogP contribution in [0.1, 0.15) is 0 Å². The molecule has 2 N–H and O–H groups in total. The highest BCUT2D eigenvalue weighted by molar-refractivity contribution is 7.21. The van der Waals surface area contributed by atoms with Gasteiger partial charge in [-0.25, -0.2) is 4.98 Å². The van der Waals surface area contributed by atoms with Crippen LogP contribution in [0.2, 0.25) is 0 Å². The molecule has 0 saturated heterocycles. The molecule has 0 amide bonds. The first-order chi connectivity index (χ1) is 7.33. The second kappa shape index (κ2) is 3.14. The third-order valence-corrected chi connectivity index (χ3v) is 3.42. The summed E-state index contributed by atoms with van der Waals surface area (Å²) >= 11 is 1.72. The van der Waals surface area contributed by atoms with E-state index in [-0.39, 0.29) is 0 Å². The Kier molecular flexibility index (Phi) is 1.79. The zero-order chi connectivity index (χ0) is 10.3. The monoisotopic (exact) mass is 213 g/mol. The summed E-state index contributed by atoms with van der Waals surface area (Å²) in [4.78, 5) is 5.71. The molecule has 0 unspecified atom stereocenters. The van der Waals surface area contributed by atoms with Crippen LogP contribution < -0.4 is 10.8 Å². The summed E-state index contributed by atoms with van der Waals surface area (Å²) in [6.07, 6.45) is 0. The first kappa shape index (κ1) is 8.56. The first-order valence-corrected chi connectivity index (χ1v) is 5.53. The molecular formula is C12H9N2S+. The van der Waals surface area contributed by atoms with E-state index in [9.17, 15) is 0 Å². The molecule has 1 aromatic rings. The van der Waals surface area contributed by atoms with Gasteiger partial charge in [0.15, 0.2) is 5.36 Å². The van der Waals surface area contributed by atoms with Crippen LogP contribution >= 0.6 is 11.3 Å². The van der Waals surface area contributed by atoms with E-state index in [4.69, 9.17) is 5.41 Å². The van der Waals surface area contributed by atoms with E-state index in [0.717, 1.165) is 21.4 Å². The molecule has 0 saturated carbocycles. The van der Waals surface area contributed by atoms with Crippen LogP contribution in [0.15, 0.2) is 42.5 Å². The van der Waals surface area contributed by atoms with E-state index < -0.39 is 0 Å². The molecule has 0 radical (unpaired) electrons. The van der Waals surface area contributed by atoms with E-state index >= 15 is 0 Å². The van der Waals surface area contributed by atoms with Crippen LogP contribution in [-0.2, 0) is 0 Å². The van der Waals surface area contributed by atoms with E-state index in [1.165, 1.54) is 4.70 Å². The molecule has 2 aliphatic rings. The lowest BCUT2D eigenvalue weighted by Gasteiger charge is -2.03. The van der Waals surface area contributed by atoms with Crippen LogP contribution in [0.25, 0.3) is 20.8 Å². The highest BCUT2D eigenvalue weighted by Crippen LogP contribution is 2.28. The van der Waals surface area contributed by atoms with Gasteiger partial charge in [0.25, 0.3) is 0 Å². The topological polar surface area (TPSA) is 38.5 Å². The summed E-state index contributed by atoms with van der Waals surface area (Å²) < 4.78 is 1.19. The Balaban J connectivity index is 2.49. The average Bonchev–Trinajstić information content (AvgIpc) is 2.26. The van der Waals surface area contributed by atoms with E-state index in [1.807, 2.05) is 36.4 Å². The molecule has 0 atom stereocenters. The van der Waals surface area contributed by atoms with Crippen molar-refractivity contribution in [2.75, 3.05) is 0 Å². The lowest BCUT2D eigenvalue weighted by molar-refractivity contribution is -0.172. The number of benzene rings is 2. The minimum atomic E-state index is 0.788. The summed E-state index contributed by atoms with van der Waals surface area (Å²) in [5, 5.41) is 6.53. The van der Waals surface area contributed by atoms with Gasteiger partial charge in [0.05, 0.1) is 20.8 Å². The predicted molar refractivity (Wildman–Crippen MR) is 61.3 cm³/mol. The van der Waals surface area contributed by atoms with Crippen molar-refractivity contribution in [1.82, 2.24) is 4.98 Å². The van der Waals surface area contributed by atoms with Crippen molar-refractivity contribution in [3.63, 3.8) is 0 Å². The van der Waals surface area contributed by atoms with Gasteiger partial charge in [0.1, 0.15) is 0 Å². The number of rotatable bonds is 0. The minimum absolute atomic E-state index is 0.788. The molecule has 15 heavy (non-hydrogen) atoms. The van der Waals surface area contributed by atoms with Crippen molar-refractivity contribution < 1.29 is 5.41 Å². The first-order valence-electron chi connectivity index (χ1n) is 4.71. The number of hydrogen-bond acceptors (Lipinski definition) is 2. The Hall–Kier alpha value is -1.74. The molecule has 0 aromatic heterocycles. The summed E-state index contributed by atoms with van der Waals surface area (Å²) in [6.45, 7) is 0. The van der Waals surface area contributed by atoms with Gasteiger partial charge in [-0.3, -0.25) is 5.41 Å². The van der Waals surface area contributed by atoms with Gasteiger partial charge in [0.2, 0.25) is 0 Å². The molecule has 3 heteroatoms. The highest BCUT2D eigenvalue weighted by Gasteiger charge is 2.06. The Bertz CT molecular complexity index is 657. The third-order valence-electron chi connectivity index (χ3n) is 2.31. The number of para-hydroxylation sites is 1. The maximum Gasteiger partial charge on any atom is 0.198 e. The van der Waals surface area contributed by atoms with Gasteiger partial charge in [-0.15, -0.1) is 11.3 Å². The number of fused-ring (bicyclic) bond motifs is 2. The highest BCUT2D eigenvalue weighted by atomic mass is 32.1. The lowest BCUT2D eigenvalue weighted by Crippen LogP contribution is -2.44. The second-order valence-corrected chi connectivity index (χ2v) is 4.49. The van der Waals surface area contributed by atoms with Crippen molar-refractivity contribution in [2.24, 2.45) is 0 Å². The van der Waals surface area contributed by atoms with Crippen LogP contribution in [0.5, 0.6) is 0 Å². The van der Waals surface area contributed by atoms with Gasteiger partial charge in [0, 0.05) is 12.1 Å². The van der Waals surface area contributed by atoms with Crippen LogP contribution in [-0.4, -0.2) is 4.98 Å². The fourth-order valence-corrected chi connectivity index (χ4v) is 2.60. The molecule has 1 aliphatic carbocycles. The second-order valence-electron chi connectivity index (χ2n) is 3.41. The molecule has 1 aromatic carbocycles. The third kappa shape index (κ3) is 1.41. The van der Waals surface area contributed by atoms with Crippen molar-refractivity contribution in [3.8, 4) is 10.6 Å². The van der Waals surface area contributed by atoms with Crippen molar-refractivity contribution >= 4 is 21.6 Å². The molecule has 2 nitrogen and oxygen atoms in total. The van der Waals surface area contributed by atoms with Gasteiger partial charge < -0.3 is 0 Å². The quantitative estimate of drug-likeness (QED) is 0.557. The summed E-state index contributed by atoms with van der Waals surface area (Å²) in [5.41, 5.74) is 2.05. The minimum Gasteiger partial charge on any atom is -0.254 e. The van der Waals surface area contributed by atoms with Crippen molar-refractivity contribution in [2.45, 2.75) is 0 Å². The van der Waals surface area contributed by atoms with Gasteiger partial charge in [-0.05, 0) is 18.2 Å². The smallest absolute Gasteiger partial charge is 0.198 e. The van der Waals surface area contributed by atoms with E-state index in [2.05, 4.69) is 11.1 Å². The molecule has 1 aliphatic heterocycles. The largest absolute Gasteiger partial charge is 0.254 e. The predicted octanol–water partition coefficient (Wildman–Crippen LogP) is 1.06. The zero-order valence-corrected chi connectivity index (χ0v) is 8.79. The van der Waals surface area contributed by atoms with Gasteiger partial charge in [-0.1, -0.05) is 12.1 Å². The average molecular weight is 213 g/mol. The summed E-state index contributed by atoms with van der Waals surface area (Å²) in [7, 11) is 0. The Labute approximate surface area is 90.7 Å². The maximum absolute atomic E-state index is 5.75. The van der Waals surface area contributed by atoms with E-state index in [0.29, 0.717) is 0 Å². The molecule has 0 spiro atoms. The molecule has 0 fully saturated rings. The standard InChI is InChI=1S/C12H8N2S/c13-8-5-6-10-12(7-8)15-11-4-2-1-3-9(11)14-10/h1-7,13H/p+1. The molecule has 0 bridgehead atoms.